The lowest BCUT2D eigenvalue weighted by Crippen LogP contribution is -2.53. The molecule has 22 heavy (non-hydrogen) atoms. The Bertz CT molecular complexity index is 577. The van der Waals surface area contributed by atoms with E-state index in [1.807, 2.05) is 6.08 Å². The van der Waals surface area contributed by atoms with Gasteiger partial charge in [-0.1, -0.05) is 19.4 Å². The maximum Gasteiger partial charge on any atom is 0.159 e. The van der Waals surface area contributed by atoms with Crippen molar-refractivity contribution in [3.05, 3.63) is 11.6 Å². The van der Waals surface area contributed by atoms with Crippen molar-refractivity contribution in [2.75, 3.05) is 0 Å². The molecular formula is C19H26O3. The van der Waals surface area contributed by atoms with Crippen LogP contribution in [0.2, 0.25) is 0 Å². The van der Waals surface area contributed by atoms with Gasteiger partial charge in [0.25, 0.3) is 0 Å². The van der Waals surface area contributed by atoms with Gasteiger partial charge in [0.05, 0.1) is 6.10 Å². The molecule has 4 aliphatic rings. The number of hydrogen-bond donors (Lipinski definition) is 1. The predicted octanol–water partition coefficient (Wildman–Crippen LogP) is 3.06. The zero-order valence-corrected chi connectivity index (χ0v) is 13.6. The number of allylic oxidation sites excluding steroid dienone is 1. The number of aliphatic hydroxyl groups is 1. The van der Waals surface area contributed by atoms with Gasteiger partial charge in [0.2, 0.25) is 0 Å². The van der Waals surface area contributed by atoms with Gasteiger partial charge in [0.15, 0.2) is 5.78 Å². The molecule has 0 bridgehead atoms. The Labute approximate surface area is 132 Å². The third-order valence-electron chi connectivity index (χ3n) is 7.63. The smallest absolute Gasteiger partial charge is 0.159 e. The van der Waals surface area contributed by atoms with Crippen molar-refractivity contribution in [3.8, 4) is 0 Å². The molecule has 4 aliphatic carbocycles. The summed E-state index contributed by atoms with van der Waals surface area (Å²) in [5, 5.41) is 9.97. The normalized spacial score (nSPS) is 51.0. The van der Waals surface area contributed by atoms with E-state index < -0.39 is 0 Å². The third kappa shape index (κ3) is 1.72. The fourth-order valence-electron chi connectivity index (χ4n) is 6.16. The van der Waals surface area contributed by atoms with Crippen molar-refractivity contribution in [3.63, 3.8) is 0 Å². The molecule has 1 N–H and O–H groups in total. The van der Waals surface area contributed by atoms with Crippen LogP contribution in [0.3, 0.4) is 0 Å². The van der Waals surface area contributed by atoms with Gasteiger partial charge in [-0.3, -0.25) is 9.59 Å². The van der Waals surface area contributed by atoms with Gasteiger partial charge in [-0.2, -0.15) is 0 Å². The average Bonchev–Trinajstić information content (AvgIpc) is 2.77. The topological polar surface area (TPSA) is 54.4 Å². The van der Waals surface area contributed by atoms with E-state index >= 15 is 0 Å². The van der Waals surface area contributed by atoms with Crippen LogP contribution in [0.4, 0.5) is 0 Å². The molecule has 0 aromatic carbocycles. The van der Waals surface area contributed by atoms with Crippen molar-refractivity contribution in [1.82, 2.24) is 0 Å². The molecular weight excluding hydrogens is 276 g/mol. The fourth-order valence-corrected chi connectivity index (χ4v) is 6.16. The van der Waals surface area contributed by atoms with Crippen LogP contribution >= 0.6 is 0 Å². The van der Waals surface area contributed by atoms with Crippen molar-refractivity contribution in [1.29, 1.82) is 0 Å². The molecule has 3 saturated carbocycles. The van der Waals surface area contributed by atoms with E-state index in [4.69, 9.17) is 0 Å². The number of ketones is 2. The summed E-state index contributed by atoms with van der Waals surface area (Å²) >= 11 is 0. The van der Waals surface area contributed by atoms with Gasteiger partial charge in [-0.05, 0) is 61.9 Å². The Hall–Kier alpha value is -0.960. The Morgan fingerprint density at radius 2 is 1.73 bits per heavy atom. The summed E-state index contributed by atoms with van der Waals surface area (Å²) in [5.41, 5.74) is 0.975. The molecule has 0 saturated heterocycles. The first kappa shape index (κ1) is 14.6. The maximum atomic E-state index is 12.9. The first-order valence-corrected chi connectivity index (χ1v) is 8.82. The Balaban J connectivity index is 1.76. The number of fused-ring (bicyclic) bond motifs is 5. The Kier molecular flexibility index (Phi) is 3.01. The molecule has 0 radical (unpaired) electrons. The highest BCUT2D eigenvalue weighted by atomic mass is 16.3. The molecule has 0 aromatic rings. The molecule has 0 amide bonds. The summed E-state index contributed by atoms with van der Waals surface area (Å²) < 4.78 is 0. The van der Waals surface area contributed by atoms with Crippen LogP contribution in [0.1, 0.15) is 58.8 Å². The first-order valence-electron chi connectivity index (χ1n) is 8.82. The van der Waals surface area contributed by atoms with E-state index in [9.17, 15) is 14.7 Å². The van der Waals surface area contributed by atoms with Crippen LogP contribution in [-0.2, 0) is 9.59 Å². The molecule has 0 unspecified atom stereocenters. The van der Waals surface area contributed by atoms with Crippen molar-refractivity contribution in [2.45, 2.75) is 64.9 Å². The lowest BCUT2D eigenvalue weighted by Gasteiger charge is -2.55. The van der Waals surface area contributed by atoms with Gasteiger partial charge >= 0.3 is 0 Å². The van der Waals surface area contributed by atoms with Crippen molar-refractivity contribution < 1.29 is 14.7 Å². The monoisotopic (exact) mass is 302 g/mol. The van der Waals surface area contributed by atoms with Gasteiger partial charge in [0, 0.05) is 17.8 Å². The lowest BCUT2D eigenvalue weighted by atomic mass is 9.48. The molecule has 0 spiro atoms. The summed E-state index contributed by atoms with van der Waals surface area (Å²) in [7, 11) is 0. The van der Waals surface area contributed by atoms with Gasteiger partial charge in [-0.15, -0.1) is 0 Å². The molecule has 3 nitrogen and oxygen atoms in total. The second kappa shape index (κ2) is 4.53. The molecule has 120 valence electrons. The molecule has 0 heterocycles. The zero-order chi connectivity index (χ0) is 15.7. The SMILES string of the molecule is C[C@]12CC[C@H](O)CC1=CC(=O)[C@@H]1[C@H]2CC[C@]2(C)C(=O)CC[C@H]12. The number of rotatable bonds is 0. The largest absolute Gasteiger partial charge is 0.393 e. The molecule has 0 aliphatic heterocycles. The Morgan fingerprint density at radius 3 is 2.50 bits per heavy atom. The number of hydrogen-bond acceptors (Lipinski definition) is 3. The van der Waals surface area contributed by atoms with Crippen LogP contribution in [0.15, 0.2) is 11.6 Å². The second-order valence-electron chi connectivity index (χ2n) is 8.54. The molecule has 4 rings (SSSR count). The standard InChI is InChI=1S/C19H26O3/c1-18-7-5-12(20)9-11(18)10-15(21)17-13-3-4-16(22)19(13,2)8-6-14(17)18/h10,12-14,17,20H,3-9H2,1-2H3/t12-,13+,14+,17-,18-,19-/m0/s1. The third-order valence-corrected chi connectivity index (χ3v) is 7.63. The molecule has 6 atom stereocenters. The second-order valence-corrected chi connectivity index (χ2v) is 8.54. The molecule has 0 aromatic heterocycles. The van der Waals surface area contributed by atoms with E-state index in [-0.39, 0.29) is 34.6 Å². The van der Waals surface area contributed by atoms with Gasteiger partial charge < -0.3 is 5.11 Å². The van der Waals surface area contributed by atoms with Crippen LogP contribution < -0.4 is 0 Å². The summed E-state index contributed by atoms with van der Waals surface area (Å²) in [5.74, 6) is 1.26. The van der Waals surface area contributed by atoms with Crippen LogP contribution in [0.25, 0.3) is 0 Å². The number of carbonyl (C=O) groups excluding carboxylic acids is 2. The molecule has 3 heteroatoms. The number of Topliss-reactive ketones (excluding diaryl/α,β-unsaturated/α-hetero) is 1. The van der Waals surface area contributed by atoms with Crippen LogP contribution in [-0.4, -0.2) is 22.8 Å². The zero-order valence-electron chi connectivity index (χ0n) is 13.6. The first-order chi connectivity index (χ1) is 10.4. The van der Waals surface area contributed by atoms with Crippen LogP contribution in [0, 0.1) is 28.6 Å². The highest BCUT2D eigenvalue weighted by Crippen LogP contribution is 2.63. The predicted molar refractivity (Wildman–Crippen MR) is 83.1 cm³/mol. The molecule has 3 fully saturated rings. The minimum absolute atomic E-state index is 0.0363. The van der Waals surface area contributed by atoms with Gasteiger partial charge in [-0.25, -0.2) is 0 Å². The summed E-state index contributed by atoms with van der Waals surface area (Å²) in [4.78, 5) is 25.2. The average molecular weight is 302 g/mol. The van der Waals surface area contributed by atoms with E-state index in [0.29, 0.717) is 24.5 Å². The van der Waals surface area contributed by atoms with E-state index in [1.54, 1.807) is 0 Å². The minimum atomic E-state index is -0.286. The maximum absolute atomic E-state index is 12.9. The summed E-state index contributed by atoms with van der Waals surface area (Å²) in [6, 6.07) is 0. The highest BCUT2D eigenvalue weighted by molar-refractivity contribution is 5.96. The van der Waals surface area contributed by atoms with E-state index in [0.717, 1.165) is 32.1 Å². The summed E-state index contributed by atoms with van der Waals surface area (Å²) in [6.07, 6.45) is 7.51. The fraction of sp³-hybridized carbons (Fsp3) is 0.789. The summed E-state index contributed by atoms with van der Waals surface area (Å²) in [6.45, 7) is 4.40. The van der Waals surface area contributed by atoms with Gasteiger partial charge in [0.1, 0.15) is 5.78 Å². The van der Waals surface area contributed by atoms with Crippen molar-refractivity contribution >= 4 is 11.6 Å². The number of aliphatic hydroxyl groups excluding tert-OH is 1. The van der Waals surface area contributed by atoms with E-state index in [2.05, 4.69) is 13.8 Å². The minimum Gasteiger partial charge on any atom is -0.393 e. The van der Waals surface area contributed by atoms with Crippen molar-refractivity contribution in [2.24, 2.45) is 28.6 Å². The highest BCUT2D eigenvalue weighted by Gasteiger charge is 2.60. The quantitative estimate of drug-likeness (QED) is 0.748. The number of carbonyl (C=O) groups is 2. The van der Waals surface area contributed by atoms with Crippen LogP contribution in [0.5, 0.6) is 0 Å². The van der Waals surface area contributed by atoms with E-state index in [1.165, 1.54) is 5.57 Å². The Morgan fingerprint density at radius 1 is 1.05 bits per heavy atom. The lowest BCUT2D eigenvalue weighted by molar-refractivity contribution is -0.139.